The van der Waals surface area contributed by atoms with E-state index in [2.05, 4.69) is 22.5 Å². The molecule has 1 aromatic rings. The van der Waals surface area contributed by atoms with E-state index < -0.39 is 5.97 Å². The molecule has 104 valence electrons. The monoisotopic (exact) mass is 283 g/mol. The van der Waals surface area contributed by atoms with Crippen molar-refractivity contribution in [2.24, 2.45) is 5.41 Å². The molecule has 0 aromatic carbocycles. The predicted molar refractivity (Wildman–Crippen MR) is 71.3 cm³/mol. The molecule has 0 unspecified atom stereocenters. The number of hydrogen-bond acceptors (Lipinski definition) is 4. The Morgan fingerprint density at radius 1 is 1.47 bits per heavy atom. The highest BCUT2D eigenvalue weighted by Crippen LogP contribution is 2.39. The maximum Gasteiger partial charge on any atom is 0.355 e. The number of hydrogen-bond donors (Lipinski definition) is 3. The van der Waals surface area contributed by atoms with Crippen LogP contribution >= 0.6 is 11.3 Å². The minimum absolute atomic E-state index is 0.0178. The molecule has 1 heterocycles. The van der Waals surface area contributed by atoms with Crippen LogP contribution in [0, 0.1) is 5.41 Å². The second-order valence-electron chi connectivity index (χ2n) is 5.13. The van der Waals surface area contributed by atoms with E-state index >= 15 is 0 Å². The summed E-state index contributed by atoms with van der Waals surface area (Å²) in [5, 5.41) is 16.3. The van der Waals surface area contributed by atoms with E-state index in [1.54, 1.807) is 0 Å². The standard InChI is InChI=1S/C12H17N3O3S/c1-12(3-2-4-12)7-14-11(18)13-5-9-15-8(6-19-9)10(16)17/h6H,2-5,7H2,1H3,(H,16,17)(H2,13,14,18). The van der Waals surface area contributed by atoms with Gasteiger partial charge in [-0.05, 0) is 18.3 Å². The van der Waals surface area contributed by atoms with Crippen molar-refractivity contribution in [1.29, 1.82) is 0 Å². The lowest BCUT2D eigenvalue weighted by molar-refractivity contribution is 0.0691. The fourth-order valence-corrected chi connectivity index (χ4v) is 2.67. The molecule has 2 rings (SSSR count). The lowest BCUT2D eigenvalue weighted by atomic mass is 9.70. The van der Waals surface area contributed by atoms with E-state index in [0.29, 0.717) is 11.6 Å². The van der Waals surface area contributed by atoms with Crippen LogP contribution < -0.4 is 10.6 Å². The summed E-state index contributed by atoms with van der Waals surface area (Å²) in [7, 11) is 0. The van der Waals surface area contributed by atoms with Crippen LogP contribution in [0.1, 0.15) is 41.7 Å². The molecule has 0 radical (unpaired) electrons. The number of carbonyl (C=O) groups is 2. The third-order valence-electron chi connectivity index (χ3n) is 3.41. The highest BCUT2D eigenvalue weighted by atomic mass is 32.1. The molecule has 1 fully saturated rings. The Morgan fingerprint density at radius 3 is 2.74 bits per heavy atom. The molecule has 1 aliphatic carbocycles. The summed E-state index contributed by atoms with van der Waals surface area (Å²) >= 11 is 1.22. The quantitative estimate of drug-likeness (QED) is 0.769. The zero-order valence-corrected chi connectivity index (χ0v) is 11.5. The van der Waals surface area contributed by atoms with E-state index in [4.69, 9.17) is 5.11 Å². The maximum absolute atomic E-state index is 11.6. The molecule has 19 heavy (non-hydrogen) atoms. The summed E-state index contributed by atoms with van der Waals surface area (Å²) in [6, 6.07) is -0.236. The largest absolute Gasteiger partial charge is 0.476 e. The molecule has 0 spiro atoms. The number of carbonyl (C=O) groups excluding carboxylic acids is 1. The second kappa shape index (κ2) is 5.56. The van der Waals surface area contributed by atoms with Gasteiger partial charge in [-0.3, -0.25) is 0 Å². The summed E-state index contributed by atoms with van der Waals surface area (Å²) in [4.78, 5) is 26.1. The first kappa shape index (κ1) is 13.8. The number of urea groups is 1. The van der Waals surface area contributed by atoms with Crippen molar-refractivity contribution in [3.05, 3.63) is 16.1 Å². The van der Waals surface area contributed by atoms with Gasteiger partial charge in [-0.15, -0.1) is 11.3 Å². The highest BCUT2D eigenvalue weighted by molar-refractivity contribution is 7.09. The average Bonchev–Trinajstić information content (AvgIpc) is 2.80. The van der Waals surface area contributed by atoms with Crippen molar-refractivity contribution in [2.45, 2.75) is 32.7 Å². The maximum atomic E-state index is 11.6. The Labute approximate surface area is 115 Å². The minimum Gasteiger partial charge on any atom is -0.476 e. The molecule has 6 nitrogen and oxygen atoms in total. The van der Waals surface area contributed by atoms with Crippen LogP contribution in [0.15, 0.2) is 5.38 Å². The summed E-state index contributed by atoms with van der Waals surface area (Å²) in [6.07, 6.45) is 3.54. The molecule has 0 atom stereocenters. The first-order valence-electron chi connectivity index (χ1n) is 6.18. The van der Waals surface area contributed by atoms with Crippen LogP contribution in [-0.2, 0) is 6.54 Å². The van der Waals surface area contributed by atoms with Gasteiger partial charge in [0.1, 0.15) is 5.01 Å². The molecule has 0 bridgehead atoms. The first-order valence-corrected chi connectivity index (χ1v) is 7.06. The van der Waals surface area contributed by atoms with E-state index in [0.717, 1.165) is 12.8 Å². The van der Waals surface area contributed by atoms with Crippen LogP contribution in [-0.4, -0.2) is 28.6 Å². The van der Waals surface area contributed by atoms with Gasteiger partial charge in [0.05, 0.1) is 6.54 Å². The molecule has 2 amide bonds. The fraction of sp³-hybridized carbons (Fsp3) is 0.583. The molecular weight excluding hydrogens is 266 g/mol. The van der Waals surface area contributed by atoms with Crippen molar-refractivity contribution >= 4 is 23.3 Å². The normalized spacial score (nSPS) is 16.5. The number of rotatable bonds is 5. The van der Waals surface area contributed by atoms with Gasteiger partial charge in [0.15, 0.2) is 5.69 Å². The Bertz CT molecular complexity index is 482. The van der Waals surface area contributed by atoms with Gasteiger partial charge in [-0.2, -0.15) is 0 Å². The number of thiazole rings is 1. The number of aromatic nitrogens is 1. The van der Waals surface area contributed by atoms with E-state index in [1.807, 2.05) is 0 Å². The molecular formula is C12H17N3O3S. The van der Waals surface area contributed by atoms with Crippen molar-refractivity contribution in [1.82, 2.24) is 15.6 Å². The Kier molecular flexibility index (Phi) is 4.04. The van der Waals surface area contributed by atoms with Gasteiger partial charge < -0.3 is 15.7 Å². The molecule has 1 saturated carbocycles. The van der Waals surface area contributed by atoms with Crippen LogP contribution in [0.5, 0.6) is 0 Å². The van der Waals surface area contributed by atoms with Crippen LogP contribution in [0.4, 0.5) is 4.79 Å². The van der Waals surface area contributed by atoms with Crippen molar-refractivity contribution in [3.8, 4) is 0 Å². The predicted octanol–water partition coefficient (Wildman–Crippen LogP) is 1.83. The molecule has 0 aliphatic heterocycles. The van der Waals surface area contributed by atoms with Gasteiger partial charge in [-0.1, -0.05) is 13.3 Å². The van der Waals surface area contributed by atoms with Gasteiger partial charge in [0.25, 0.3) is 0 Å². The van der Waals surface area contributed by atoms with Gasteiger partial charge >= 0.3 is 12.0 Å². The Morgan fingerprint density at radius 2 is 2.21 bits per heavy atom. The van der Waals surface area contributed by atoms with Gasteiger partial charge in [0, 0.05) is 11.9 Å². The van der Waals surface area contributed by atoms with Crippen LogP contribution in [0.3, 0.4) is 0 Å². The Hall–Kier alpha value is -1.63. The number of carboxylic acids is 1. The van der Waals surface area contributed by atoms with E-state index in [1.165, 1.54) is 23.1 Å². The third-order valence-corrected chi connectivity index (χ3v) is 4.26. The lowest BCUT2D eigenvalue weighted by Gasteiger charge is -2.38. The Balaban J connectivity index is 1.72. The summed E-state index contributed by atoms with van der Waals surface area (Å²) < 4.78 is 0. The zero-order valence-electron chi connectivity index (χ0n) is 10.7. The molecule has 3 N–H and O–H groups in total. The molecule has 1 aromatic heterocycles. The SMILES string of the molecule is CC1(CNC(=O)NCc2nc(C(=O)O)cs2)CCC1. The average molecular weight is 283 g/mol. The molecule has 7 heteroatoms. The number of carboxylic acid groups (broad SMARTS) is 1. The minimum atomic E-state index is -1.05. The van der Waals surface area contributed by atoms with Crippen molar-refractivity contribution in [2.75, 3.05) is 6.54 Å². The van der Waals surface area contributed by atoms with Crippen LogP contribution in [0.2, 0.25) is 0 Å². The fourth-order valence-electron chi connectivity index (χ4n) is 1.96. The first-order chi connectivity index (χ1) is 8.98. The third kappa shape index (κ3) is 3.66. The van der Waals surface area contributed by atoms with Gasteiger partial charge in [0.2, 0.25) is 0 Å². The molecule has 1 aliphatic rings. The zero-order chi connectivity index (χ0) is 13.9. The van der Waals surface area contributed by atoms with Crippen molar-refractivity contribution < 1.29 is 14.7 Å². The van der Waals surface area contributed by atoms with Crippen LogP contribution in [0.25, 0.3) is 0 Å². The lowest BCUT2D eigenvalue weighted by Crippen LogP contribution is -2.43. The number of nitrogens with zero attached hydrogens (tertiary/aromatic N) is 1. The molecule has 0 saturated heterocycles. The van der Waals surface area contributed by atoms with E-state index in [-0.39, 0.29) is 23.7 Å². The summed E-state index contributed by atoms with van der Waals surface area (Å²) in [5.74, 6) is -1.05. The summed E-state index contributed by atoms with van der Waals surface area (Å²) in [5.41, 5.74) is 0.263. The van der Waals surface area contributed by atoms with Gasteiger partial charge in [-0.25, -0.2) is 14.6 Å². The number of nitrogens with one attached hydrogen (secondary N) is 2. The van der Waals surface area contributed by atoms with Crippen molar-refractivity contribution in [3.63, 3.8) is 0 Å². The van der Waals surface area contributed by atoms with E-state index in [9.17, 15) is 9.59 Å². The summed E-state index contributed by atoms with van der Waals surface area (Å²) in [6.45, 7) is 3.09. The smallest absolute Gasteiger partial charge is 0.355 e. The number of aromatic carboxylic acids is 1. The highest BCUT2D eigenvalue weighted by Gasteiger charge is 2.31. The number of amides is 2. The second-order valence-corrected chi connectivity index (χ2v) is 6.07. The topological polar surface area (TPSA) is 91.3 Å².